The molecule has 0 spiro atoms. The van der Waals surface area contributed by atoms with E-state index in [2.05, 4.69) is 30.1 Å². The van der Waals surface area contributed by atoms with Gasteiger partial charge in [-0.2, -0.15) is 0 Å². The Labute approximate surface area is 230 Å². The summed E-state index contributed by atoms with van der Waals surface area (Å²) >= 11 is 0. The minimum atomic E-state index is -5.00. The molecule has 1 aliphatic heterocycles. The first-order valence-corrected chi connectivity index (χ1v) is 13.0. The van der Waals surface area contributed by atoms with Crippen molar-refractivity contribution in [2.45, 2.75) is 70.0 Å². The van der Waals surface area contributed by atoms with Crippen LogP contribution in [0.1, 0.15) is 51.7 Å². The fourth-order valence-corrected chi connectivity index (χ4v) is 4.20. The Morgan fingerprint density at radius 2 is 1.81 bits per heavy atom. The maximum absolute atomic E-state index is 10.8. The van der Waals surface area contributed by atoms with Gasteiger partial charge in [0.25, 0.3) is 7.82 Å². The number of fused-ring (bicyclic) bond motifs is 1. The smallest absolute Gasteiger partial charge is 0.756 e. The number of aliphatic hydroxyl groups excluding tert-OH is 2. The maximum atomic E-state index is 10.8. The molecule has 1 aliphatic rings. The molecule has 2 aromatic heterocycles. The van der Waals surface area contributed by atoms with Crippen molar-refractivity contribution in [1.82, 2.24) is 24.8 Å². The second-order valence-electron chi connectivity index (χ2n) is 8.39. The van der Waals surface area contributed by atoms with Crippen LogP contribution in [-0.4, -0.2) is 78.5 Å². The number of phosphoric ester groups is 1. The van der Waals surface area contributed by atoms with E-state index in [0.717, 1.165) is 38.5 Å². The first-order chi connectivity index (χ1) is 16.7. The molecule has 1 amide bonds. The van der Waals surface area contributed by atoms with Crippen molar-refractivity contribution >= 4 is 30.7 Å². The Morgan fingerprint density at radius 3 is 2.47 bits per heavy atom. The number of ether oxygens (including phenoxy) is 1. The molecule has 0 aliphatic carbocycles. The monoisotopic (exact) mass is 538 g/mol. The van der Waals surface area contributed by atoms with Gasteiger partial charge < -0.3 is 39.9 Å². The van der Waals surface area contributed by atoms with Gasteiger partial charge in [-0.1, -0.05) is 25.7 Å². The molecule has 1 fully saturated rings. The Morgan fingerprint density at radius 1 is 1.14 bits per heavy atom. The molecular weight excluding hydrogens is 506 g/mol. The Balaban J connectivity index is 0.00000456. The van der Waals surface area contributed by atoms with Crippen molar-refractivity contribution in [3.8, 4) is 0 Å². The molecule has 1 saturated heterocycles. The average Bonchev–Trinajstić information content (AvgIpc) is 3.34. The normalized spacial score (nSPS) is 23.2. The van der Waals surface area contributed by atoms with Gasteiger partial charge in [-0.3, -0.25) is 13.9 Å². The number of aromatic nitrogens is 4. The number of carbonyl (C=O) groups is 1. The van der Waals surface area contributed by atoms with E-state index in [1.165, 1.54) is 24.1 Å². The van der Waals surface area contributed by atoms with Crippen LogP contribution in [0, 0.1) is 0 Å². The summed E-state index contributed by atoms with van der Waals surface area (Å²) in [4.78, 5) is 43.2. The zero-order valence-electron chi connectivity index (χ0n) is 20.4. The van der Waals surface area contributed by atoms with Crippen LogP contribution in [-0.2, 0) is 18.6 Å². The topological polar surface area (TPSA) is 204 Å². The summed E-state index contributed by atoms with van der Waals surface area (Å²) in [5.74, 6) is 0.517. The molecule has 3 rings (SSSR count). The number of nitrogens with zero attached hydrogens (tertiary/aromatic N) is 4. The Hall–Kier alpha value is -1.19. The Kier molecular flexibility index (Phi) is 12.6. The van der Waals surface area contributed by atoms with E-state index in [9.17, 15) is 24.5 Å². The minimum Gasteiger partial charge on any atom is -0.756 e. The van der Waals surface area contributed by atoms with Crippen molar-refractivity contribution in [2.75, 3.05) is 25.0 Å². The molecule has 5 atom stereocenters. The average molecular weight is 538 g/mol. The molecule has 16 heteroatoms. The van der Waals surface area contributed by atoms with Crippen molar-refractivity contribution in [2.24, 2.45) is 0 Å². The molecule has 2 aromatic rings. The maximum Gasteiger partial charge on any atom is 1.00 e. The van der Waals surface area contributed by atoms with Gasteiger partial charge in [0.15, 0.2) is 23.2 Å². The number of anilines is 1. The van der Waals surface area contributed by atoms with Crippen LogP contribution in [0.3, 0.4) is 0 Å². The summed E-state index contributed by atoms with van der Waals surface area (Å²) < 4.78 is 22.1. The van der Waals surface area contributed by atoms with Crippen molar-refractivity contribution in [3.05, 3.63) is 12.7 Å². The van der Waals surface area contributed by atoms with Crippen LogP contribution < -0.4 is 45.1 Å². The molecule has 0 bridgehead atoms. The van der Waals surface area contributed by atoms with Crippen molar-refractivity contribution in [1.29, 1.82) is 0 Å². The van der Waals surface area contributed by atoms with E-state index in [1.807, 2.05) is 0 Å². The molecule has 196 valence electrons. The number of amides is 1. The quantitative estimate of drug-likeness (QED) is 0.0917. The molecule has 0 aromatic carbocycles. The van der Waals surface area contributed by atoms with Gasteiger partial charge in [-0.05, 0) is 12.8 Å². The van der Waals surface area contributed by atoms with Gasteiger partial charge in [-0.25, -0.2) is 15.0 Å². The van der Waals surface area contributed by atoms with E-state index in [4.69, 9.17) is 9.63 Å². The molecular formula is C20H32N6NaO8P. The summed E-state index contributed by atoms with van der Waals surface area (Å²) in [7, 11) is -5.00. The van der Waals surface area contributed by atoms with Gasteiger partial charge in [0.2, 0.25) is 5.91 Å². The summed E-state index contributed by atoms with van der Waals surface area (Å²) in [5, 5.41) is 26.6. The molecule has 0 saturated carbocycles. The zero-order chi connectivity index (χ0) is 25.4. The number of hydrogen-bond donors (Lipinski definition) is 5. The van der Waals surface area contributed by atoms with Gasteiger partial charge in [0.05, 0.1) is 12.9 Å². The SMILES string of the molecule is CC(=O)NCCCCCCCCNc1ncnc2c1ncn2C1O[C@H](COP(=O)([O-])O)[C@@H](O)[C@H]1O.[Na+]. The predicted molar refractivity (Wildman–Crippen MR) is 122 cm³/mol. The number of phosphoric acid groups is 1. The second-order valence-corrected chi connectivity index (χ2v) is 9.58. The molecule has 0 radical (unpaired) electrons. The zero-order valence-corrected chi connectivity index (χ0v) is 23.3. The van der Waals surface area contributed by atoms with Gasteiger partial charge in [0.1, 0.15) is 24.6 Å². The number of imidazole rings is 1. The number of nitrogens with one attached hydrogen (secondary N) is 2. The number of carbonyl (C=O) groups excluding carboxylic acids is 1. The predicted octanol–water partition coefficient (Wildman–Crippen LogP) is -3.18. The minimum absolute atomic E-state index is 0. The van der Waals surface area contributed by atoms with Crippen LogP contribution in [0.15, 0.2) is 12.7 Å². The van der Waals surface area contributed by atoms with Gasteiger partial charge in [-0.15, -0.1) is 0 Å². The first-order valence-electron chi connectivity index (χ1n) is 11.5. The van der Waals surface area contributed by atoms with Crippen molar-refractivity contribution < 1.29 is 68.2 Å². The van der Waals surface area contributed by atoms with E-state index < -0.39 is 39.0 Å². The number of rotatable bonds is 14. The van der Waals surface area contributed by atoms with Crippen LogP contribution in [0.4, 0.5) is 5.82 Å². The fraction of sp³-hybridized carbons (Fsp3) is 0.700. The molecule has 5 N–H and O–H groups in total. The van der Waals surface area contributed by atoms with E-state index in [-0.39, 0.29) is 35.5 Å². The third-order valence-corrected chi connectivity index (χ3v) is 6.12. The van der Waals surface area contributed by atoms with E-state index >= 15 is 0 Å². The van der Waals surface area contributed by atoms with Crippen LogP contribution in [0.5, 0.6) is 0 Å². The third kappa shape index (κ3) is 8.98. The number of hydrogen-bond acceptors (Lipinski definition) is 11. The summed E-state index contributed by atoms with van der Waals surface area (Å²) in [6.45, 7) is 2.26. The summed E-state index contributed by atoms with van der Waals surface area (Å²) in [6.07, 6.45) is 3.82. The van der Waals surface area contributed by atoms with Crippen molar-refractivity contribution in [3.63, 3.8) is 0 Å². The fourth-order valence-electron chi connectivity index (χ4n) is 3.86. The number of unbranched alkanes of at least 4 members (excludes halogenated alkanes) is 5. The van der Waals surface area contributed by atoms with Crippen LogP contribution in [0.2, 0.25) is 0 Å². The molecule has 14 nitrogen and oxygen atoms in total. The summed E-state index contributed by atoms with van der Waals surface area (Å²) in [6, 6.07) is 0. The third-order valence-electron chi connectivity index (χ3n) is 5.64. The Bertz CT molecular complexity index is 1020. The van der Waals surface area contributed by atoms with Gasteiger partial charge >= 0.3 is 29.6 Å². The first kappa shape index (κ1) is 31.0. The standard InChI is InChI=1S/C20H33N6O8P.Na/c1-13(27)21-8-6-4-2-3-5-7-9-22-18-15-19(24-11-23-18)26(12-25-15)20-17(29)16(28)14(34-20)10-33-35(30,31)32;/h11-12,14,16-17,20,28-29H,2-10H2,1H3,(H,21,27)(H,22,23,24)(H2,30,31,32);/q;+1/p-1/t14-,16-,17-,20?;/m1./s1. The van der Waals surface area contributed by atoms with E-state index in [1.54, 1.807) is 0 Å². The van der Waals surface area contributed by atoms with E-state index in [0.29, 0.717) is 30.1 Å². The van der Waals surface area contributed by atoms with Crippen LogP contribution >= 0.6 is 7.82 Å². The van der Waals surface area contributed by atoms with Gasteiger partial charge in [0, 0.05) is 20.0 Å². The molecule has 36 heavy (non-hydrogen) atoms. The second kappa shape index (κ2) is 14.7. The molecule has 2 unspecified atom stereocenters. The summed E-state index contributed by atoms with van der Waals surface area (Å²) in [5.41, 5.74) is 0.811. The number of aliphatic hydroxyl groups is 2. The largest absolute Gasteiger partial charge is 1.00 e. The molecule has 3 heterocycles. The van der Waals surface area contributed by atoms with Crippen LogP contribution in [0.25, 0.3) is 11.2 Å².